The van der Waals surface area contributed by atoms with Gasteiger partial charge in [0.05, 0.1) is 17.1 Å². The molecule has 0 saturated heterocycles. The average Bonchev–Trinajstić information content (AvgIpc) is 3.35. The third kappa shape index (κ3) is 4.88. The van der Waals surface area contributed by atoms with Crippen LogP contribution in [-0.2, 0) is 4.79 Å². The maximum Gasteiger partial charge on any atom is 0.413 e. The van der Waals surface area contributed by atoms with E-state index in [4.69, 9.17) is 10.5 Å². The Morgan fingerprint density at radius 3 is 2.69 bits per heavy atom. The van der Waals surface area contributed by atoms with Crippen molar-refractivity contribution in [3.63, 3.8) is 0 Å². The van der Waals surface area contributed by atoms with Crippen molar-refractivity contribution in [2.45, 2.75) is 19.1 Å². The number of aromatic nitrogens is 2. The summed E-state index contributed by atoms with van der Waals surface area (Å²) in [6.07, 6.45) is -2.36. The average molecular weight is 452 g/mol. The number of anilines is 2. The third-order valence-electron chi connectivity index (χ3n) is 4.68. The number of thiophene rings is 1. The zero-order valence-electron chi connectivity index (χ0n) is 17.0. The molecule has 10 heteroatoms. The van der Waals surface area contributed by atoms with Gasteiger partial charge >= 0.3 is 6.09 Å². The van der Waals surface area contributed by atoms with E-state index < -0.39 is 24.1 Å². The molecule has 0 aliphatic rings. The van der Waals surface area contributed by atoms with E-state index in [0.717, 1.165) is 5.56 Å². The number of hydrogen-bond acceptors (Lipinski definition) is 7. The molecule has 0 aliphatic heterocycles. The van der Waals surface area contributed by atoms with Crippen LogP contribution in [0.2, 0.25) is 0 Å². The highest BCUT2D eigenvalue weighted by Crippen LogP contribution is 2.24. The maximum absolute atomic E-state index is 12.8. The van der Waals surface area contributed by atoms with Crippen molar-refractivity contribution in [2.24, 2.45) is 0 Å². The lowest BCUT2D eigenvalue weighted by molar-refractivity contribution is -0.125. The largest absolute Gasteiger partial charge is 0.413 e. The van der Waals surface area contributed by atoms with Gasteiger partial charge in [-0.05, 0) is 47.7 Å². The van der Waals surface area contributed by atoms with Crippen molar-refractivity contribution in [1.82, 2.24) is 15.3 Å². The van der Waals surface area contributed by atoms with Crippen molar-refractivity contribution >= 4 is 46.0 Å². The van der Waals surface area contributed by atoms with Crippen LogP contribution >= 0.6 is 11.3 Å². The molecule has 0 fully saturated rings. The third-order valence-corrected chi connectivity index (χ3v) is 5.61. The monoisotopic (exact) mass is 451 g/mol. The number of nitrogens with one attached hydrogen (secondary N) is 3. The highest BCUT2D eigenvalue weighted by Gasteiger charge is 2.30. The molecule has 0 bridgehead atoms. The standard InChI is InChI=1S/C22H21N5O4S/c1-12-9-17(32-11-12)31-22(30)27-18(13-5-3-2-4-6-13)19(28)20(29)24-14-7-8-15-16(10-14)26-21(23)25-15/h2-11,18-19,28H,1H3,(H,24,29)(H,27,30)(H3,23,25,26). The predicted octanol–water partition coefficient (Wildman–Crippen LogP) is 3.34. The number of aromatic amines is 1. The Bertz CT molecular complexity index is 1250. The van der Waals surface area contributed by atoms with Crippen LogP contribution in [0.4, 0.5) is 16.4 Å². The Hall–Kier alpha value is -3.89. The Balaban J connectivity index is 1.51. The summed E-state index contributed by atoms with van der Waals surface area (Å²) in [5.74, 6) is -0.436. The molecule has 0 saturated carbocycles. The second-order valence-corrected chi connectivity index (χ2v) is 8.03. The summed E-state index contributed by atoms with van der Waals surface area (Å²) in [5.41, 5.74) is 8.89. The molecule has 2 aromatic carbocycles. The van der Waals surface area contributed by atoms with E-state index in [-0.39, 0.29) is 5.95 Å². The molecular weight excluding hydrogens is 430 g/mol. The fraction of sp³-hybridized carbons (Fsp3) is 0.136. The SMILES string of the molecule is Cc1csc(OC(=O)NC(c2ccccc2)C(O)C(=O)Nc2ccc3nc(N)[nH]c3c2)c1. The quantitative estimate of drug-likeness (QED) is 0.304. The fourth-order valence-electron chi connectivity index (χ4n) is 3.19. The molecule has 2 heterocycles. The molecule has 164 valence electrons. The van der Waals surface area contributed by atoms with Gasteiger partial charge in [0.15, 0.2) is 17.1 Å². The van der Waals surface area contributed by atoms with Crippen LogP contribution in [0.15, 0.2) is 60.0 Å². The first kappa shape index (κ1) is 21.3. The maximum atomic E-state index is 12.8. The van der Waals surface area contributed by atoms with Gasteiger partial charge in [-0.25, -0.2) is 9.78 Å². The van der Waals surface area contributed by atoms with Gasteiger partial charge in [0.25, 0.3) is 5.91 Å². The molecule has 9 nitrogen and oxygen atoms in total. The minimum Gasteiger partial charge on any atom is -0.399 e. The van der Waals surface area contributed by atoms with E-state index in [2.05, 4.69) is 20.6 Å². The number of rotatable bonds is 6. The van der Waals surface area contributed by atoms with E-state index in [1.54, 1.807) is 54.6 Å². The number of aryl methyl sites for hydroxylation is 1. The number of benzene rings is 2. The van der Waals surface area contributed by atoms with Crippen LogP contribution in [0.1, 0.15) is 17.2 Å². The number of ether oxygens (including phenoxy) is 1. The van der Waals surface area contributed by atoms with Gasteiger partial charge < -0.3 is 31.2 Å². The summed E-state index contributed by atoms with van der Waals surface area (Å²) < 4.78 is 5.29. The van der Waals surface area contributed by atoms with Crippen LogP contribution in [-0.4, -0.2) is 33.2 Å². The van der Waals surface area contributed by atoms with Crippen molar-refractivity contribution in [1.29, 1.82) is 0 Å². The molecule has 4 rings (SSSR count). The second kappa shape index (κ2) is 9.08. The van der Waals surface area contributed by atoms with Gasteiger partial charge in [-0.3, -0.25) is 4.79 Å². The van der Waals surface area contributed by atoms with Crippen LogP contribution < -0.4 is 21.1 Å². The number of amides is 2. The number of aliphatic hydroxyl groups is 1. The Kier molecular flexibility index (Phi) is 6.06. The van der Waals surface area contributed by atoms with Crippen LogP contribution in [0.25, 0.3) is 11.0 Å². The van der Waals surface area contributed by atoms with Gasteiger partial charge in [-0.1, -0.05) is 30.3 Å². The van der Waals surface area contributed by atoms with E-state index >= 15 is 0 Å². The minimum atomic E-state index is -1.59. The first-order valence-electron chi connectivity index (χ1n) is 9.71. The summed E-state index contributed by atoms with van der Waals surface area (Å²) >= 11 is 1.28. The number of imidazole rings is 1. The fourth-order valence-corrected chi connectivity index (χ4v) is 3.93. The van der Waals surface area contributed by atoms with Gasteiger partial charge in [-0.2, -0.15) is 0 Å². The number of fused-ring (bicyclic) bond motifs is 1. The molecule has 0 aliphatic carbocycles. The lowest BCUT2D eigenvalue weighted by Crippen LogP contribution is -2.43. The molecule has 4 aromatic rings. The molecule has 6 N–H and O–H groups in total. The van der Waals surface area contributed by atoms with Gasteiger partial charge in [0.2, 0.25) is 0 Å². The molecule has 2 unspecified atom stereocenters. The Morgan fingerprint density at radius 1 is 1.19 bits per heavy atom. The topological polar surface area (TPSA) is 142 Å². The number of H-pyrrole nitrogens is 1. The number of hydrogen-bond donors (Lipinski definition) is 5. The number of nitrogens with two attached hydrogens (primary N) is 1. The van der Waals surface area contributed by atoms with Crippen molar-refractivity contribution in [3.05, 3.63) is 71.1 Å². The van der Waals surface area contributed by atoms with E-state index in [1.807, 2.05) is 12.3 Å². The van der Waals surface area contributed by atoms with Gasteiger partial charge in [-0.15, -0.1) is 11.3 Å². The zero-order valence-corrected chi connectivity index (χ0v) is 17.8. The number of nitrogen functional groups attached to an aromatic ring is 1. The molecule has 0 radical (unpaired) electrons. The van der Waals surface area contributed by atoms with E-state index in [9.17, 15) is 14.7 Å². The lowest BCUT2D eigenvalue weighted by Gasteiger charge is -2.23. The van der Waals surface area contributed by atoms with Crippen molar-refractivity contribution in [2.75, 3.05) is 11.1 Å². The Labute approximate surface area is 187 Å². The summed E-state index contributed by atoms with van der Waals surface area (Å²) in [6, 6.07) is 14.4. The summed E-state index contributed by atoms with van der Waals surface area (Å²) in [7, 11) is 0. The van der Waals surface area contributed by atoms with Crippen LogP contribution in [0.5, 0.6) is 5.06 Å². The first-order valence-corrected chi connectivity index (χ1v) is 10.6. The summed E-state index contributed by atoms with van der Waals surface area (Å²) in [4.78, 5) is 32.2. The van der Waals surface area contributed by atoms with Crippen LogP contribution in [0.3, 0.4) is 0 Å². The smallest absolute Gasteiger partial charge is 0.399 e. The zero-order chi connectivity index (χ0) is 22.7. The van der Waals surface area contributed by atoms with E-state index in [1.165, 1.54) is 11.3 Å². The highest BCUT2D eigenvalue weighted by atomic mass is 32.1. The molecule has 2 aromatic heterocycles. The van der Waals surface area contributed by atoms with Gasteiger partial charge in [0.1, 0.15) is 0 Å². The Morgan fingerprint density at radius 2 is 1.97 bits per heavy atom. The highest BCUT2D eigenvalue weighted by molar-refractivity contribution is 7.12. The normalized spacial score (nSPS) is 12.8. The number of carbonyl (C=O) groups is 2. The second-order valence-electron chi connectivity index (χ2n) is 7.15. The summed E-state index contributed by atoms with van der Waals surface area (Å²) in [6.45, 7) is 1.89. The summed E-state index contributed by atoms with van der Waals surface area (Å²) in [5, 5.41) is 18.3. The number of aliphatic hydroxyl groups excluding tert-OH is 1. The lowest BCUT2D eigenvalue weighted by atomic mass is 10.0. The molecule has 0 spiro atoms. The number of carbonyl (C=O) groups excluding carboxylic acids is 2. The predicted molar refractivity (Wildman–Crippen MR) is 123 cm³/mol. The molecule has 2 amide bonds. The van der Waals surface area contributed by atoms with Crippen molar-refractivity contribution < 1.29 is 19.4 Å². The van der Waals surface area contributed by atoms with Crippen LogP contribution in [0, 0.1) is 6.92 Å². The molecular formula is C22H21N5O4S. The van der Waals surface area contributed by atoms with E-state index in [0.29, 0.717) is 27.3 Å². The van der Waals surface area contributed by atoms with Crippen molar-refractivity contribution in [3.8, 4) is 5.06 Å². The first-order chi connectivity index (χ1) is 15.4. The molecule has 32 heavy (non-hydrogen) atoms. The molecule has 2 atom stereocenters. The van der Waals surface area contributed by atoms with Gasteiger partial charge in [0, 0.05) is 5.69 Å². The minimum absolute atomic E-state index is 0.260. The number of nitrogens with zero attached hydrogens (tertiary/aromatic N) is 1.